The Morgan fingerprint density at radius 1 is 1.17 bits per heavy atom. The topological polar surface area (TPSA) is 81.8 Å². The maximum atomic E-state index is 12.7. The average Bonchev–Trinajstić information content (AvgIpc) is 3.12. The van der Waals surface area contributed by atoms with Gasteiger partial charge in [-0.2, -0.15) is 5.10 Å². The highest BCUT2D eigenvalue weighted by molar-refractivity contribution is 5.93. The number of nitrogens with one attached hydrogen (secondary N) is 2. The number of hydrogen-bond donors (Lipinski definition) is 2. The minimum atomic E-state index is -0.140. The van der Waals surface area contributed by atoms with E-state index in [2.05, 4.69) is 15.2 Å². The van der Waals surface area contributed by atoms with Crippen molar-refractivity contribution in [1.82, 2.24) is 20.1 Å². The summed E-state index contributed by atoms with van der Waals surface area (Å²) in [5.41, 5.74) is 3.67. The Balaban J connectivity index is 1.58. The van der Waals surface area contributed by atoms with E-state index >= 15 is 0 Å². The van der Waals surface area contributed by atoms with Crippen molar-refractivity contribution < 1.29 is 4.79 Å². The molecule has 0 spiro atoms. The van der Waals surface area contributed by atoms with E-state index < -0.39 is 0 Å². The van der Waals surface area contributed by atoms with Crippen molar-refractivity contribution in [3.63, 3.8) is 0 Å². The molecule has 0 bridgehead atoms. The van der Waals surface area contributed by atoms with Gasteiger partial charge in [0.1, 0.15) is 5.69 Å². The Bertz CT molecular complexity index is 943. The predicted molar refractivity (Wildman–Crippen MR) is 89.5 cm³/mol. The number of aromatic amines is 2. The van der Waals surface area contributed by atoms with Gasteiger partial charge in [-0.3, -0.25) is 14.7 Å². The second-order valence-electron chi connectivity index (χ2n) is 5.82. The number of fused-ring (bicyclic) bond motifs is 1. The molecule has 0 fully saturated rings. The van der Waals surface area contributed by atoms with E-state index in [1.807, 2.05) is 36.4 Å². The number of aromatic nitrogens is 3. The molecular weight excluding hydrogens is 304 g/mol. The van der Waals surface area contributed by atoms with Gasteiger partial charge in [0.25, 0.3) is 11.5 Å². The number of carbonyl (C=O) groups excluding carboxylic acids is 1. The Kier molecular flexibility index (Phi) is 3.49. The smallest absolute Gasteiger partial charge is 0.272 e. The molecule has 6 nitrogen and oxygen atoms in total. The van der Waals surface area contributed by atoms with E-state index in [4.69, 9.17) is 0 Å². The van der Waals surface area contributed by atoms with E-state index in [1.54, 1.807) is 17.2 Å². The van der Waals surface area contributed by atoms with Crippen LogP contribution in [0.15, 0.2) is 53.5 Å². The molecule has 1 aliphatic heterocycles. The molecule has 0 saturated carbocycles. The fourth-order valence-corrected chi connectivity index (χ4v) is 3.02. The van der Waals surface area contributed by atoms with Gasteiger partial charge in [-0.15, -0.1) is 0 Å². The maximum Gasteiger partial charge on any atom is 0.272 e. The summed E-state index contributed by atoms with van der Waals surface area (Å²) in [5.74, 6) is -0.140. The molecule has 0 unspecified atom stereocenters. The van der Waals surface area contributed by atoms with E-state index in [0.29, 0.717) is 30.8 Å². The van der Waals surface area contributed by atoms with Crippen molar-refractivity contribution in [3.8, 4) is 11.3 Å². The van der Waals surface area contributed by atoms with Crippen LogP contribution < -0.4 is 5.56 Å². The molecule has 24 heavy (non-hydrogen) atoms. The van der Waals surface area contributed by atoms with Gasteiger partial charge in [0, 0.05) is 23.9 Å². The lowest BCUT2D eigenvalue weighted by Gasteiger charge is -2.27. The Labute approximate surface area is 138 Å². The van der Waals surface area contributed by atoms with Crippen LogP contribution in [-0.2, 0) is 13.0 Å². The Hall–Kier alpha value is -3.15. The summed E-state index contributed by atoms with van der Waals surface area (Å²) in [6, 6.07) is 13.3. The molecule has 3 aromatic rings. The lowest BCUT2D eigenvalue weighted by molar-refractivity contribution is 0.0728. The van der Waals surface area contributed by atoms with Crippen molar-refractivity contribution in [3.05, 3.63) is 75.8 Å². The number of amides is 1. The molecule has 6 heteroatoms. The minimum Gasteiger partial charge on any atom is -0.332 e. The molecule has 1 aromatic carbocycles. The molecular formula is C18H16N4O2. The molecule has 0 aliphatic carbocycles. The monoisotopic (exact) mass is 320 g/mol. The van der Waals surface area contributed by atoms with Crippen LogP contribution in [0.25, 0.3) is 11.3 Å². The van der Waals surface area contributed by atoms with Gasteiger partial charge >= 0.3 is 0 Å². The number of hydrogen-bond acceptors (Lipinski definition) is 3. The predicted octanol–water partition coefficient (Wildman–Crippen LogP) is 1.96. The van der Waals surface area contributed by atoms with Crippen LogP contribution in [-0.4, -0.2) is 32.5 Å². The number of pyridine rings is 1. The molecule has 0 atom stereocenters. The summed E-state index contributed by atoms with van der Waals surface area (Å²) in [4.78, 5) is 29.0. The van der Waals surface area contributed by atoms with E-state index in [0.717, 1.165) is 16.8 Å². The average molecular weight is 320 g/mol. The van der Waals surface area contributed by atoms with Gasteiger partial charge in [0.05, 0.1) is 12.2 Å². The Morgan fingerprint density at radius 2 is 2.00 bits per heavy atom. The zero-order valence-corrected chi connectivity index (χ0v) is 13.0. The maximum absolute atomic E-state index is 12.7. The van der Waals surface area contributed by atoms with Gasteiger partial charge in [0.2, 0.25) is 0 Å². The number of rotatable bonds is 2. The highest BCUT2D eigenvalue weighted by Gasteiger charge is 2.24. The molecule has 4 rings (SSSR count). The first-order chi connectivity index (χ1) is 11.7. The van der Waals surface area contributed by atoms with E-state index in [-0.39, 0.29) is 11.5 Å². The molecule has 0 radical (unpaired) electrons. The molecule has 1 amide bonds. The molecule has 1 aliphatic rings. The third kappa shape index (κ3) is 2.52. The molecule has 2 aromatic heterocycles. The van der Waals surface area contributed by atoms with Gasteiger partial charge in [-0.1, -0.05) is 30.3 Å². The summed E-state index contributed by atoms with van der Waals surface area (Å²) in [7, 11) is 0. The fourth-order valence-electron chi connectivity index (χ4n) is 3.02. The SMILES string of the molecule is O=C(c1cc(-c2ccccc2)n[nH]1)N1CCc2cc[nH]c(=O)c2C1. The summed E-state index contributed by atoms with van der Waals surface area (Å²) in [5, 5.41) is 7.04. The van der Waals surface area contributed by atoms with Crippen molar-refractivity contribution in [2.45, 2.75) is 13.0 Å². The van der Waals surface area contributed by atoms with Gasteiger partial charge in [-0.05, 0) is 24.1 Å². The number of carbonyl (C=O) groups is 1. The van der Waals surface area contributed by atoms with Crippen molar-refractivity contribution in [1.29, 1.82) is 0 Å². The quantitative estimate of drug-likeness (QED) is 0.757. The molecule has 2 N–H and O–H groups in total. The van der Waals surface area contributed by atoms with Crippen LogP contribution in [0, 0.1) is 0 Å². The highest BCUT2D eigenvalue weighted by atomic mass is 16.2. The van der Waals surface area contributed by atoms with Crippen molar-refractivity contribution in [2.75, 3.05) is 6.54 Å². The summed E-state index contributed by atoms with van der Waals surface area (Å²) >= 11 is 0. The second-order valence-corrected chi connectivity index (χ2v) is 5.82. The first kappa shape index (κ1) is 14.4. The summed E-state index contributed by atoms with van der Waals surface area (Å²) < 4.78 is 0. The van der Waals surface area contributed by atoms with Gasteiger partial charge in [-0.25, -0.2) is 0 Å². The number of H-pyrrole nitrogens is 2. The van der Waals surface area contributed by atoms with Gasteiger partial charge < -0.3 is 9.88 Å². The van der Waals surface area contributed by atoms with Crippen molar-refractivity contribution in [2.24, 2.45) is 0 Å². The third-order valence-electron chi connectivity index (χ3n) is 4.33. The number of benzene rings is 1. The van der Waals surface area contributed by atoms with Crippen LogP contribution >= 0.6 is 0 Å². The highest BCUT2D eigenvalue weighted by Crippen LogP contribution is 2.20. The zero-order chi connectivity index (χ0) is 16.5. The summed E-state index contributed by atoms with van der Waals surface area (Å²) in [6.07, 6.45) is 2.34. The normalized spacial score (nSPS) is 13.6. The largest absolute Gasteiger partial charge is 0.332 e. The van der Waals surface area contributed by atoms with Crippen LogP contribution in [0.5, 0.6) is 0 Å². The third-order valence-corrected chi connectivity index (χ3v) is 4.33. The van der Waals surface area contributed by atoms with Gasteiger partial charge in [0.15, 0.2) is 0 Å². The minimum absolute atomic E-state index is 0.125. The number of nitrogens with zero attached hydrogens (tertiary/aromatic N) is 2. The first-order valence-corrected chi connectivity index (χ1v) is 7.82. The fraction of sp³-hybridized carbons (Fsp3) is 0.167. The van der Waals surface area contributed by atoms with Crippen LogP contribution in [0.4, 0.5) is 0 Å². The van der Waals surface area contributed by atoms with Crippen LogP contribution in [0.3, 0.4) is 0 Å². The lowest BCUT2D eigenvalue weighted by Crippen LogP contribution is -2.38. The van der Waals surface area contributed by atoms with Crippen LogP contribution in [0.1, 0.15) is 21.6 Å². The molecule has 120 valence electrons. The van der Waals surface area contributed by atoms with Crippen molar-refractivity contribution >= 4 is 5.91 Å². The van der Waals surface area contributed by atoms with E-state index in [9.17, 15) is 9.59 Å². The first-order valence-electron chi connectivity index (χ1n) is 7.82. The zero-order valence-electron chi connectivity index (χ0n) is 13.0. The Morgan fingerprint density at radius 3 is 2.83 bits per heavy atom. The standard InChI is InChI=1S/C18H16N4O2/c23-17-14-11-22(9-7-12(14)6-8-19-17)18(24)16-10-15(20-21-16)13-4-2-1-3-5-13/h1-6,8,10H,7,9,11H2,(H,19,23)(H,20,21). The van der Waals surface area contributed by atoms with Crippen LogP contribution in [0.2, 0.25) is 0 Å². The van der Waals surface area contributed by atoms with E-state index in [1.165, 1.54) is 0 Å². The second kappa shape index (κ2) is 5.81. The summed E-state index contributed by atoms with van der Waals surface area (Å²) in [6.45, 7) is 0.916. The lowest BCUT2D eigenvalue weighted by atomic mass is 10.0. The molecule has 3 heterocycles. The molecule has 0 saturated heterocycles.